The lowest BCUT2D eigenvalue weighted by molar-refractivity contribution is 0.293. The molecule has 0 fully saturated rings. The van der Waals surface area contributed by atoms with E-state index in [0.717, 1.165) is 6.42 Å². The van der Waals surface area contributed by atoms with Crippen molar-refractivity contribution in [1.82, 2.24) is 5.32 Å². The van der Waals surface area contributed by atoms with Crippen molar-refractivity contribution in [2.45, 2.75) is 38.0 Å². The van der Waals surface area contributed by atoms with Gasteiger partial charge in [0.05, 0.1) is 6.67 Å². The maximum absolute atomic E-state index is 12.4. The molecule has 0 saturated carbocycles. The van der Waals surface area contributed by atoms with Crippen LogP contribution in [0.25, 0.3) is 0 Å². The van der Waals surface area contributed by atoms with Gasteiger partial charge in [-0.05, 0) is 32.6 Å². The fraction of sp³-hybridized carbons (Fsp3) is 1.00. The summed E-state index contributed by atoms with van der Waals surface area (Å²) < 4.78 is 12.4. The van der Waals surface area contributed by atoms with E-state index < -0.39 is 0 Å². The van der Waals surface area contributed by atoms with Crippen LogP contribution < -0.4 is 5.32 Å². The topological polar surface area (TPSA) is 12.0 Å². The van der Waals surface area contributed by atoms with Crippen molar-refractivity contribution in [3.8, 4) is 0 Å². The van der Waals surface area contributed by atoms with Crippen molar-refractivity contribution >= 4 is 7.85 Å². The summed E-state index contributed by atoms with van der Waals surface area (Å²) in [5.74, 6) is 0. The molecule has 66 valence electrons. The highest BCUT2D eigenvalue weighted by Gasteiger charge is 2.27. The highest BCUT2D eigenvalue weighted by molar-refractivity contribution is 6.15. The van der Waals surface area contributed by atoms with Crippen LogP contribution in [0.4, 0.5) is 4.39 Å². The van der Waals surface area contributed by atoms with Crippen LogP contribution in [0, 0.1) is 0 Å². The number of rotatable bonds is 4. The first-order valence-electron chi connectivity index (χ1n) is 4.08. The monoisotopic (exact) mass is 159 g/mol. The van der Waals surface area contributed by atoms with E-state index >= 15 is 0 Å². The summed E-state index contributed by atoms with van der Waals surface area (Å²) in [4.78, 5) is 0. The number of hydrogen-bond acceptors (Lipinski definition) is 1. The second kappa shape index (κ2) is 3.57. The zero-order chi connectivity index (χ0) is 9.12. The molecule has 3 heteroatoms. The molecule has 0 aliphatic carbocycles. The average Bonchev–Trinajstić information content (AvgIpc) is 1.86. The summed E-state index contributed by atoms with van der Waals surface area (Å²) >= 11 is 0. The molecule has 1 unspecified atom stereocenters. The first kappa shape index (κ1) is 11.0. The highest BCUT2D eigenvalue weighted by Crippen LogP contribution is 2.31. The Bertz CT molecular complexity index is 109. The van der Waals surface area contributed by atoms with Gasteiger partial charge in [-0.15, -0.1) is 0 Å². The van der Waals surface area contributed by atoms with Crippen molar-refractivity contribution in [2.75, 3.05) is 13.7 Å². The Morgan fingerprint density at radius 1 is 1.36 bits per heavy atom. The molecule has 0 spiro atoms. The van der Waals surface area contributed by atoms with Gasteiger partial charge in [-0.2, -0.15) is 0 Å². The predicted octanol–water partition coefficient (Wildman–Crippen LogP) is 1.16. The summed E-state index contributed by atoms with van der Waals surface area (Å²) in [6.45, 7) is 5.87. The van der Waals surface area contributed by atoms with Gasteiger partial charge in [0.2, 0.25) is 0 Å². The van der Waals surface area contributed by atoms with E-state index in [1.165, 1.54) is 0 Å². The largest absolute Gasteiger partial charge is 0.315 e. The summed E-state index contributed by atoms with van der Waals surface area (Å²) in [6, 6.07) is 0. The van der Waals surface area contributed by atoms with Crippen LogP contribution in [0.3, 0.4) is 0 Å². The highest BCUT2D eigenvalue weighted by atomic mass is 19.1. The van der Waals surface area contributed by atoms with Crippen LogP contribution in [-0.2, 0) is 0 Å². The van der Waals surface area contributed by atoms with Gasteiger partial charge in [0.15, 0.2) is 0 Å². The smallest absolute Gasteiger partial charge is 0.112 e. The Morgan fingerprint density at radius 3 is 2.09 bits per heavy atom. The van der Waals surface area contributed by atoms with Gasteiger partial charge in [0.25, 0.3) is 0 Å². The first-order valence-corrected chi connectivity index (χ1v) is 4.08. The molecule has 1 N–H and O–H groups in total. The standard InChI is InChI=1S/C8H19BFN/c1-7(2,11-4)5-8(3,9)6-10/h11H,5-6,9H2,1-4H3. The summed E-state index contributed by atoms with van der Waals surface area (Å²) in [7, 11) is 3.86. The Morgan fingerprint density at radius 2 is 1.82 bits per heavy atom. The van der Waals surface area contributed by atoms with E-state index in [1.807, 2.05) is 21.8 Å². The summed E-state index contributed by atoms with van der Waals surface area (Å²) in [6.07, 6.45) is 0.854. The van der Waals surface area contributed by atoms with E-state index in [2.05, 4.69) is 19.2 Å². The Balaban J connectivity index is 4.02. The first-order chi connectivity index (χ1) is 4.83. The van der Waals surface area contributed by atoms with Crippen LogP contribution in [0.5, 0.6) is 0 Å². The molecule has 11 heavy (non-hydrogen) atoms. The Labute approximate surface area is 70.2 Å². The van der Waals surface area contributed by atoms with Crippen LogP contribution in [0.15, 0.2) is 0 Å². The maximum atomic E-state index is 12.4. The van der Waals surface area contributed by atoms with Gasteiger partial charge in [0, 0.05) is 5.54 Å². The van der Waals surface area contributed by atoms with E-state index in [-0.39, 0.29) is 17.5 Å². The molecular weight excluding hydrogens is 140 g/mol. The minimum absolute atomic E-state index is 0.0373. The van der Waals surface area contributed by atoms with Crippen molar-refractivity contribution in [3.05, 3.63) is 0 Å². The second-order valence-corrected chi connectivity index (χ2v) is 4.61. The number of halogens is 1. The zero-order valence-corrected chi connectivity index (χ0v) is 8.29. The third-order valence-electron chi connectivity index (χ3n) is 1.96. The minimum Gasteiger partial charge on any atom is -0.315 e. The van der Waals surface area contributed by atoms with Crippen molar-refractivity contribution in [1.29, 1.82) is 0 Å². The lowest BCUT2D eigenvalue weighted by Crippen LogP contribution is -2.39. The van der Waals surface area contributed by atoms with Crippen LogP contribution >= 0.6 is 0 Å². The lowest BCUT2D eigenvalue weighted by Gasteiger charge is -2.32. The maximum Gasteiger partial charge on any atom is 0.112 e. The normalized spacial score (nSPS) is 17.9. The van der Waals surface area contributed by atoms with E-state index in [9.17, 15) is 4.39 Å². The molecule has 0 aromatic carbocycles. The van der Waals surface area contributed by atoms with Crippen LogP contribution in [0.2, 0.25) is 5.31 Å². The van der Waals surface area contributed by atoms with E-state index in [4.69, 9.17) is 0 Å². The average molecular weight is 159 g/mol. The molecule has 1 atom stereocenters. The molecule has 0 bridgehead atoms. The van der Waals surface area contributed by atoms with Gasteiger partial charge >= 0.3 is 0 Å². The Hall–Kier alpha value is -0.0451. The molecule has 0 aromatic rings. The molecule has 0 radical (unpaired) electrons. The van der Waals surface area contributed by atoms with Gasteiger partial charge in [-0.25, -0.2) is 0 Å². The summed E-state index contributed by atoms with van der Waals surface area (Å²) in [5.41, 5.74) is 0.0373. The van der Waals surface area contributed by atoms with E-state index in [1.54, 1.807) is 0 Å². The van der Waals surface area contributed by atoms with Gasteiger partial charge in [-0.1, -0.05) is 6.92 Å². The van der Waals surface area contributed by atoms with Crippen molar-refractivity contribution < 1.29 is 4.39 Å². The molecule has 0 aliphatic rings. The van der Waals surface area contributed by atoms with Crippen molar-refractivity contribution in [2.24, 2.45) is 0 Å². The van der Waals surface area contributed by atoms with Gasteiger partial charge < -0.3 is 5.32 Å². The molecule has 0 aliphatic heterocycles. The minimum atomic E-state index is -0.252. The van der Waals surface area contributed by atoms with E-state index in [0.29, 0.717) is 0 Å². The fourth-order valence-corrected chi connectivity index (χ4v) is 1.33. The SMILES string of the molecule is BC(C)(CF)CC(C)(C)NC. The number of alkyl halides is 1. The third kappa shape index (κ3) is 4.41. The Kier molecular flexibility index (Phi) is 3.55. The fourth-order valence-electron chi connectivity index (χ4n) is 1.33. The van der Waals surface area contributed by atoms with Crippen LogP contribution in [-0.4, -0.2) is 27.1 Å². The van der Waals surface area contributed by atoms with Gasteiger partial charge in [0.1, 0.15) is 7.85 Å². The molecule has 0 saturated heterocycles. The molecular formula is C8H19BFN. The van der Waals surface area contributed by atoms with Gasteiger partial charge in [-0.3, -0.25) is 4.39 Å². The van der Waals surface area contributed by atoms with Crippen LogP contribution in [0.1, 0.15) is 27.2 Å². The quantitative estimate of drug-likeness (QED) is 0.607. The molecule has 0 rings (SSSR count). The molecule has 0 amide bonds. The lowest BCUT2D eigenvalue weighted by atomic mass is 9.65. The number of nitrogens with one attached hydrogen (secondary N) is 1. The summed E-state index contributed by atoms with van der Waals surface area (Å²) in [5, 5.41) is 2.96. The number of hydrogen-bond donors (Lipinski definition) is 1. The van der Waals surface area contributed by atoms with Crippen molar-refractivity contribution in [3.63, 3.8) is 0 Å². The third-order valence-corrected chi connectivity index (χ3v) is 1.96. The molecule has 1 nitrogen and oxygen atoms in total. The molecule has 0 aromatic heterocycles. The second-order valence-electron chi connectivity index (χ2n) is 4.61. The zero-order valence-electron chi connectivity index (χ0n) is 8.29. The predicted molar refractivity (Wildman–Crippen MR) is 50.6 cm³/mol. The molecule has 0 heterocycles.